The maximum Gasteiger partial charge on any atom is 0.339 e. The summed E-state index contributed by atoms with van der Waals surface area (Å²) in [5.74, 6) is -1.11. The molecule has 0 fully saturated rings. The summed E-state index contributed by atoms with van der Waals surface area (Å²) in [5.41, 5.74) is 4.99. The van der Waals surface area contributed by atoms with Crippen molar-refractivity contribution in [1.29, 1.82) is 0 Å². The first-order chi connectivity index (χ1) is 10.7. The maximum absolute atomic E-state index is 11.5. The zero-order chi connectivity index (χ0) is 17.3. The molecule has 2 aromatic rings. The van der Waals surface area contributed by atoms with E-state index in [9.17, 15) is 15.0 Å². The Labute approximate surface area is 137 Å². The Bertz CT molecular complexity index is 745. The van der Waals surface area contributed by atoms with Crippen LogP contribution in [0.2, 0.25) is 0 Å². The lowest BCUT2D eigenvalue weighted by atomic mass is 9.85. The summed E-state index contributed by atoms with van der Waals surface area (Å²) in [7, 11) is 0. The molecule has 0 saturated heterocycles. The number of hydrogen-bond acceptors (Lipinski definition) is 2. The average Bonchev–Trinajstić information content (AvgIpc) is 2.46. The van der Waals surface area contributed by atoms with Gasteiger partial charge in [-0.15, -0.1) is 0 Å². The van der Waals surface area contributed by atoms with E-state index in [0.29, 0.717) is 5.56 Å². The van der Waals surface area contributed by atoms with E-state index >= 15 is 0 Å². The summed E-state index contributed by atoms with van der Waals surface area (Å²) in [5, 5.41) is 19.8. The summed E-state index contributed by atoms with van der Waals surface area (Å²) in [4.78, 5) is 11.5. The minimum absolute atomic E-state index is 0.0252. The van der Waals surface area contributed by atoms with Gasteiger partial charge in [-0.25, -0.2) is 4.79 Å². The molecule has 3 heteroatoms. The van der Waals surface area contributed by atoms with Crippen LogP contribution in [0.3, 0.4) is 0 Å². The largest absolute Gasteiger partial charge is 0.507 e. The molecule has 2 N–H and O–H groups in total. The van der Waals surface area contributed by atoms with Gasteiger partial charge in [-0.05, 0) is 42.5 Å². The molecule has 1 atom stereocenters. The van der Waals surface area contributed by atoms with Crippen molar-refractivity contribution in [1.82, 2.24) is 0 Å². The van der Waals surface area contributed by atoms with Crippen molar-refractivity contribution in [3.63, 3.8) is 0 Å². The highest BCUT2D eigenvalue weighted by atomic mass is 16.4. The van der Waals surface area contributed by atoms with Crippen LogP contribution in [-0.4, -0.2) is 16.2 Å². The van der Waals surface area contributed by atoms with Crippen LogP contribution >= 0.6 is 0 Å². The number of carboxylic acids is 1. The molecule has 1 unspecified atom stereocenters. The highest BCUT2D eigenvalue weighted by molar-refractivity contribution is 5.91. The molecule has 0 bridgehead atoms. The molecule has 2 aromatic carbocycles. The van der Waals surface area contributed by atoms with Crippen LogP contribution in [-0.2, 0) is 0 Å². The summed E-state index contributed by atoms with van der Waals surface area (Å²) < 4.78 is 0. The Morgan fingerprint density at radius 2 is 1.65 bits per heavy atom. The fourth-order valence-electron chi connectivity index (χ4n) is 2.99. The van der Waals surface area contributed by atoms with Gasteiger partial charge in [-0.2, -0.15) is 0 Å². The van der Waals surface area contributed by atoms with Crippen LogP contribution in [0.25, 0.3) is 0 Å². The monoisotopic (exact) mass is 312 g/mol. The summed E-state index contributed by atoms with van der Waals surface area (Å²) in [6.45, 7) is 10.1. The molecular weight excluding hydrogens is 288 g/mol. The Balaban J connectivity index is 2.63. The summed E-state index contributed by atoms with van der Waals surface area (Å²) in [6.07, 6.45) is 0. The van der Waals surface area contributed by atoms with E-state index in [0.717, 1.165) is 16.7 Å². The fraction of sp³-hybridized carbons (Fsp3) is 0.350. The SMILES string of the molecule is Cc1ccc(C(C)c2cc(C(C)C)cc(C(=O)O)c2O)c(C)c1. The second-order valence-corrected chi connectivity index (χ2v) is 6.55. The highest BCUT2D eigenvalue weighted by Crippen LogP contribution is 2.37. The molecule has 0 amide bonds. The number of phenols is 1. The van der Waals surface area contributed by atoms with Gasteiger partial charge in [0, 0.05) is 11.5 Å². The molecule has 0 saturated carbocycles. The van der Waals surface area contributed by atoms with Gasteiger partial charge in [-0.3, -0.25) is 0 Å². The van der Waals surface area contributed by atoms with Gasteiger partial charge in [0.2, 0.25) is 0 Å². The highest BCUT2D eigenvalue weighted by Gasteiger charge is 2.22. The molecule has 0 spiro atoms. The van der Waals surface area contributed by atoms with Crippen LogP contribution in [0.1, 0.15) is 70.8 Å². The minimum Gasteiger partial charge on any atom is -0.507 e. The van der Waals surface area contributed by atoms with Gasteiger partial charge in [0.1, 0.15) is 11.3 Å². The van der Waals surface area contributed by atoms with Crippen molar-refractivity contribution in [2.45, 2.75) is 46.5 Å². The molecule has 0 radical (unpaired) electrons. The fourth-order valence-corrected chi connectivity index (χ4v) is 2.99. The van der Waals surface area contributed by atoms with Gasteiger partial charge < -0.3 is 10.2 Å². The first kappa shape index (κ1) is 17.1. The first-order valence-corrected chi connectivity index (χ1v) is 7.89. The number of benzene rings is 2. The van der Waals surface area contributed by atoms with Crippen LogP contribution in [0.5, 0.6) is 5.75 Å². The summed E-state index contributed by atoms with van der Waals surface area (Å²) in [6, 6.07) is 9.70. The first-order valence-electron chi connectivity index (χ1n) is 7.89. The van der Waals surface area contributed by atoms with Crippen molar-refractivity contribution in [2.75, 3.05) is 0 Å². The number of aromatic carboxylic acids is 1. The van der Waals surface area contributed by atoms with Crippen molar-refractivity contribution in [3.05, 3.63) is 63.7 Å². The third-order valence-electron chi connectivity index (χ3n) is 4.42. The molecule has 0 heterocycles. The Kier molecular flexibility index (Phi) is 4.79. The number of hydrogen-bond donors (Lipinski definition) is 2. The van der Waals surface area contributed by atoms with Crippen LogP contribution < -0.4 is 0 Å². The number of aryl methyl sites for hydroxylation is 2. The lowest BCUT2D eigenvalue weighted by Gasteiger charge is -2.20. The van der Waals surface area contributed by atoms with Crippen LogP contribution in [0.4, 0.5) is 0 Å². The quantitative estimate of drug-likeness (QED) is 0.837. The number of carboxylic acid groups (broad SMARTS) is 1. The molecule has 3 nitrogen and oxygen atoms in total. The van der Waals surface area contributed by atoms with E-state index in [1.165, 1.54) is 5.56 Å². The Morgan fingerprint density at radius 3 is 2.17 bits per heavy atom. The smallest absolute Gasteiger partial charge is 0.339 e. The normalized spacial score (nSPS) is 12.4. The van der Waals surface area contributed by atoms with E-state index in [1.54, 1.807) is 6.07 Å². The van der Waals surface area contributed by atoms with E-state index < -0.39 is 5.97 Å². The zero-order valence-electron chi connectivity index (χ0n) is 14.3. The van der Waals surface area contributed by atoms with E-state index in [1.807, 2.05) is 46.8 Å². The second-order valence-electron chi connectivity index (χ2n) is 6.55. The third-order valence-corrected chi connectivity index (χ3v) is 4.42. The number of rotatable bonds is 4. The van der Waals surface area contributed by atoms with E-state index in [4.69, 9.17) is 0 Å². The maximum atomic E-state index is 11.5. The van der Waals surface area contributed by atoms with Crippen molar-refractivity contribution in [3.8, 4) is 5.75 Å². The van der Waals surface area contributed by atoms with Crippen molar-refractivity contribution < 1.29 is 15.0 Å². The second kappa shape index (κ2) is 6.45. The van der Waals surface area contributed by atoms with E-state index in [-0.39, 0.29) is 23.1 Å². The predicted molar refractivity (Wildman–Crippen MR) is 92.6 cm³/mol. The van der Waals surface area contributed by atoms with Gasteiger partial charge >= 0.3 is 5.97 Å². The van der Waals surface area contributed by atoms with Crippen molar-refractivity contribution in [2.24, 2.45) is 0 Å². The molecule has 23 heavy (non-hydrogen) atoms. The summed E-state index contributed by atoms with van der Waals surface area (Å²) >= 11 is 0. The van der Waals surface area contributed by atoms with Crippen molar-refractivity contribution >= 4 is 5.97 Å². The number of carbonyl (C=O) groups is 1. The standard InChI is InChI=1S/C20H24O3/c1-11(2)15-9-17(19(21)18(10-15)20(22)23)14(5)16-7-6-12(3)8-13(16)4/h6-11,14,21H,1-5H3,(H,22,23). The number of aromatic hydroxyl groups is 1. The van der Waals surface area contributed by atoms with Gasteiger partial charge in [-0.1, -0.05) is 50.6 Å². The molecule has 0 aliphatic heterocycles. The van der Waals surface area contributed by atoms with Crippen LogP contribution in [0, 0.1) is 13.8 Å². The predicted octanol–water partition coefficient (Wildman–Crippen LogP) is 4.98. The minimum atomic E-state index is -1.10. The van der Waals surface area contributed by atoms with Gasteiger partial charge in [0.05, 0.1) is 0 Å². The Morgan fingerprint density at radius 1 is 1.00 bits per heavy atom. The lowest BCUT2D eigenvalue weighted by molar-refractivity contribution is 0.0693. The zero-order valence-corrected chi connectivity index (χ0v) is 14.3. The van der Waals surface area contributed by atoms with Crippen LogP contribution in [0.15, 0.2) is 30.3 Å². The van der Waals surface area contributed by atoms with Gasteiger partial charge in [0.15, 0.2) is 0 Å². The molecular formula is C20H24O3. The van der Waals surface area contributed by atoms with Gasteiger partial charge in [0.25, 0.3) is 0 Å². The van der Waals surface area contributed by atoms with E-state index in [2.05, 4.69) is 12.1 Å². The Hall–Kier alpha value is -2.29. The molecule has 0 aliphatic carbocycles. The topological polar surface area (TPSA) is 57.5 Å². The lowest BCUT2D eigenvalue weighted by Crippen LogP contribution is -2.06. The molecule has 0 aliphatic rings. The average molecular weight is 312 g/mol. The molecule has 0 aromatic heterocycles. The molecule has 122 valence electrons. The third kappa shape index (κ3) is 3.39. The molecule has 2 rings (SSSR count).